The number of ether oxygens (including phenoxy) is 1. The van der Waals surface area contributed by atoms with Crippen LogP contribution >= 0.6 is 11.6 Å². The number of nitrogens with zero attached hydrogens (tertiary/aromatic N) is 1. The molecule has 27 heavy (non-hydrogen) atoms. The van der Waals surface area contributed by atoms with Gasteiger partial charge in [-0.25, -0.2) is 0 Å². The third-order valence-corrected chi connectivity index (χ3v) is 4.68. The third kappa shape index (κ3) is 4.86. The Kier molecular flexibility index (Phi) is 6.08. The Morgan fingerprint density at radius 2 is 1.96 bits per heavy atom. The predicted octanol–water partition coefficient (Wildman–Crippen LogP) is 3.92. The van der Waals surface area contributed by atoms with E-state index in [4.69, 9.17) is 16.3 Å². The molecule has 1 amide bonds. The van der Waals surface area contributed by atoms with Gasteiger partial charge in [0, 0.05) is 11.9 Å². The van der Waals surface area contributed by atoms with Gasteiger partial charge in [-0.3, -0.25) is 14.6 Å². The molecular weight excluding hydrogens is 368 g/mol. The zero-order chi connectivity index (χ0) is 19.2. The van der Waals surface area contributed by atoms with Crippen molar-refractivity contribution in [3.63, 3.8) is 0 Å². The smallest absolute Gasteiger partial charge is 0.307 e. The largest absolute Gasteiger partial charge is 0.486 e. The van der Waals surface area contributed by atoms with Gasteiger partial charge in [0.1, 0.15) is 12.4 Å². The zero-order valence-corrected chi connectivity index (χ0v) is 15.2. The highest BCUT2D eigenvalue weighted by molar-refractivity contribution is 6.32. The first-order chi connectivity index (χ1) is 13.0. The first-order valence-corrected chi connectivity index (χ1v) is 8.93. The highest BCUT2D eigenvalue weighted by Gasteiger charge is 2.33. The van der Waals surface area contributed by atoms with Gasteiger partial charge in [-0.2, -0.15) is 0 Å². The number of aromatic nitrogens is 1. The van der Waals surface area contributed by atoms with Crippen LogP contribution in [-0.2, 0) is 16.2 Å². The predicted molar refractivity (Wildman–Crippen MR) is 102 cm³/mol. The lowest BCUT2D eigenvalue weighted by molar-refractivity contribution is -0.146. The van der Waals surface area contributed by atoms with Gasteiger partial charge in [-0.15, -0.1) is 0 Å². The quantitative estimate of drug-likeness (QED) is 0.734. The van der Waals surface area contributed by atoms with Crippen LogP contribution in [0.2, 0.25) is 5.02 Å². The van der Waals surface area contributed by atoms with Crippen LogP contribution in [0, 0.1) is 11.8 Å². The van der Waals surface area contributed by atoms with E-state index in [2.05, 4.69) is 10.3 Å². The van der Waals surface area contributed by atoms with E-state index in [-0.39, 0.29) is 12.5 Å². The number of anilines is 1. The number of carboxylic acid groups (broad SMARTS) is 1. The average Bonchev–Trinajstić information content (AvgIpc) is 2.68. The number of halogens is 1. The molecule has 1 heterocycles. The molecule has 6 nitrogen and oxygen atoms in total. The highest BCUT2D eigenvalue weighted by Crippen LogP contribution is 2.30. The maximum atomic E-state index is 12.5. The molecule has 0 fully saturated rings. The topological polar surface area (TPSA) is 88.5 Å². The van der Waals surface area contributed by atoms with E-state index >= 15 is 0 Å². The maximum absolute atomic E-state index is 12.5. The molecule has 0 bridgehead atoms. The SMILES string of the molecule is O=C(O)[C@H]1CC=CC[C@@H]1C(=O)Nc1ccc(OCc2ccccn2)c(Cl)c1. The maximum Gasteiger partial charge on any atom is 0.307 e. The lowest BCUT2D eigenvalue weighted by atomic mass is 9.82. The van der Waals surface area contributed by atoms with E-state index in [0.29, 0.717) is 29.3 Å². The van der Waals surface area contributed by atoms with Gasteiger partial charge in [0.2, 0.25) is 5.91 Å². The van der Waals surface area contributed by atoms with E-state index < -0.39 is 17.8 Å². The molecule has 2 aromatic rings. The van der Waals surface area contributed by atoms with Crippen LogP contribution in [0.1, 0.15) is 18.5 Å². The fraction of sp³-hybridized carbons (Fsp3) is 0.250. The van der Waals surface area contributed by atoms with Crippen LogP contribution in [-0.4, -0.2) is 22.0 Å². The molecule has 1 aliphatic carbocycles. The van der Waals surface area contributed by atoms with Gasteiger partial charge in [0.25, 0.3) is 0 Å². The highest BCUT2D eigenvalue weighted by atomic mass is 35.5. The Morgan fingerprint density at radius 1 is 1.19 bits per heavy atom. The molecule has 0 saturated heterocycles. The van der Waals surface area contributed by atoms with Crippen molar-refractivity contribution in [2.45, 2.75) is 19.4 Å². The monoisotopic (exact) mass is 386 g/mol. The Labute approximate surface area is 161 Å². The third-order valence-electron chi connectivity index (χ3n) is 4.39. The number of carbonyl (C=O) groups excluding carboxylic acids is 1. The Hall–Kier alpha value is -2.86. The van der Waals surface area contributed by atoms with Crippen molar-refractivity contribution in [2.24, 2.45) is 11.8 Å². The lowest BCUT2D eigenvalue weighted by Gasteiger charge is -2.24. The van der Waals surface area contributed by atoms with Gasteiger partial charge in [-0.05, 0) is 43.2 Å². The molecule has 1 aliphatic rings. The van der Waals surface area contributed by atoms with Gasteiger partial charge in [0.05, 0.1) is 22.6 Å². The molecule has 0 unspecified atom stereocenters. The van der Waals surface area contributed by atoms with Crippen molar-refractivity contribution in [3.8, 4) is 5.75 Å². The van der Waals surface area contributed by atoms with E-state index in [0.717, 1.165) is 5.69 Å². The van der Waals surface area contributed by atoms with Crippen LogP contribution in [0.25, 0.3) is 0 Å². The molecule has 140 valence electrons. The van der Waals surface area contributed by atoms with Crippen LogP contribution < -0.4 is 10.1 Å². The summed E-state index contributed by atoms with van der Waals surface area (Å²) in [6.45, 7) is 0.279. The summed E-state index contributed by atoms with van der Waals surface area (Å²) in [5, 5.41) is 12.4. The Bertz CT molecular complexity index is 854. The number of amides is 1. The van der Waals surface area contributed by atoms with Crippen molar-refractivity contribution in [1.82, 2.24) is 4.98 Å². The molecule has 7 heteroatoms. The summed E-state index contributed by atoms with van der Waals surface area (Å²) in [6, 6.07) is 10.5. The molecule has 1 aromatic carbocycles. The van der Waals surface area contributed by atoms with Crippen molar-refractivity contribution in [1.29, 1.82) is 0 Å². The molecule has 2 N–H and O–H groups in total. The summed E-state index contributed by atoms with van der Waals surface area (Å²) in [7, 11) is 0. The summed E-state index contributed by atoms with van der Waals surface area (Å²) in [4.78, 5) is 28.0. The second-order valence-corrected chi connectivity index (χ2v) is 6.65. The fourth-order valence-corrected chi connectivity index (χ4v) is 3.18. The van der Waals surface area contributed by atoms with Crippen molar-refractivity contribution in [2.75, 3.05) is 5.32 Å². The number of hydrogen-bond donors (Lipinski definition) is 2. The number of carbonyl (C=O) groups is 2. The summed E-state index contributed by atoms with van der Waals surface area (Å²) in [6.07, 6.45) is 6.08. The van der Waals surface area contributed by atoms with Gasteiger partial charge in [-0.1, -0.05) is 29.8 Å². The number of nitrogens with one attached hydrogen (secondary N) is 1. The molecule has 3 rings (SSSR count). The Balaban J connectivity index is 1.64. The lowest BCUT2D eigenvalue weighted by Crippen LogP contribution is -2.34. The Morgan fingerprint density at radius 3 is 2.63 bits per heavy atom. The normalized spacial score (nSPS) is 18.7. The first kappa shape index (κ1) is 18.9. The van der Waals surface area contributed by atoms with Crippen LogP contribution in [0.3, 0.4) is 0 Å². The van der Waals surface area contributed by atoms with Crippen LogP contribution in [0.15, 0.2) is 54.7 Å². The molecule has 0 saturated carbocycles. The van der Waals surface area contributed by atoms with E-state index in [1.807, 2.05) is 24.3 Å². The molecule has 1 aromatic heterocycles. The number of allylic oxidation sites excluding steroid dienone is 2. The second kappa shape index (κ2) is 8.68. The summed E-state index contributed by atoms with van der Waals surface area (Å²) in [5.74, 6) is -2.14. The number of rotatable bonds is 6. The van der Waals surface area contributed by atoms with Crippen molar-refractivity contribution in [3.05, 3.63) is 65.5 Å². The molecule has 0 aliphatic heterocycles. The molecule has 0 spiro atoms. The summed E-state index contributed by atoms with van der Waals surface area (Å²) >= 11 is 6.24. The molecule has 2 atom stereocenters. The number of carboxylic acids is 1. The molecule has 0 radical (unpaired) electrons. The number of benzene rings is 1. The van der Waals surface area contributed by atoms with Crippen LogP contribution in [0.5, 0.6) is 5.75 Å². The second-order valence-electron chi connectivity index (χ2n) is 6.24. The minimum atomic E-state index is -0.962. The number of aliphatic carboxylic acids is 1. The van der Waals surface area contributed by atoms with Crippen molar-refractivity contribution >= 4 is 29.2 Å². The number of hydrogen-bond acceptors (Lipinski definition) is 4. The van der Waals surface area contributed by atoms with Gasteiger partial charge < -0.3 is 15.2 Å². The van der Waals surface area contributed by atoms with Crippen molar-refractivity contribution < 1.29 is 19.4 Å². The first-order valence-electron chi connectivity index (χ1n) is 8.55. The summed E-state index contributed by atoms with van der Waals surface area (Å²) in [5.41, 5.74) is 1.27. The van der Waals surface area contributed by atoms with Crippen LogP contribution in [0.4, 0.5) is 5.69 Å². The van der Waals surface area contributed by atoms with E-state index in [9.17, 15) is 14.7 Å². The standard InChI is InChI=1S/C20H19ClN2O4/c21-17-11-13(8-9-18(17)27-12-14-5-3-4-10-22-14)23-19(24)15-6-1-2-7-16(15)20(25)26/h1-5,8-11,15-16H,6-7,12H2,(H,23,24)(H,25,26)/t15-,16-/m0/s1. The van der Waals surface area contributed by atoms with E-state index in [1.165, 1.54) is 0 Å². The number of pyridine rings is 1. The fourth-order valence-electron chi connectivity index (χ4n) is 2.94. The minimum Gasteiger partial charge on any atom is -0.486 e. The van der Waals surface area contributed by atoms with Gasteiger partial charge >= 0.3 is 5.97 Å². The van der Waals surface area contributed by atoms with Gasteiger partial charge in [0.15, 0.2) is 0 Å². The molecular formula is C20H19ClN2O4. The zero-order valence-electron chi connectivity index (χ0n) is 14.5. The van der Waals surface area contributed by atoms with E-state index in [1.54, 1.807) is 30.5 Å². The average molecular weight is 387 g/mol. The minimum absolute atomic E-state index is 0.279. The summed E-state index contributed by atoms with van der Waals surface area (Å²) < 4.78 is 5.65.